The number of aromatic hydroxyl groups is 2. The van der Waals surface area contributed by atoms with Crippen molar-refractivity contribution in [2.24, 2.45) is 11.8 Å². The number of ether oxygens (including phenoxy) is 2. The summed E-state index contributed by atoms with van der Waals surface area (Å²) in [6.45, 7) is 24.2. The van der Waals surface area contributed by atoms with Crippen LogP contribution < -0.4 is 0 Å². The molecule has 0 amide bonds. The molecule has 326 valence electrons. The van der Waals surface area contributed by atoms with Crippen molar-refractivity contribution in [3.63, 3.8) is 0 Å². The number of hydrogen-bond acceptors (Lipinski definition) is 8. The van der Waals surface area contributed by atoms with Gasteiger partial charge in [0.1, 0.15) is 11.5 Å². The Labute approximate surface area is 358 Å². The normalized spacial score (nSPS) is 22.0. The summed E-state index contributed by atoms with van der Waals surface area (Å²) in [5.41, 5.74) is 3.41. The molecular formula is C48H64N2O8S2. The van der Waals surface area contributed by atoms with Crippen LogP contribution >= 0.6 is 0 Å². The van der Waals surface area contributed by atoms with Crippen LogP contribution in [-0.2, 0) is 40.4 Å². The minimum Gasteiger partial charge on any atom is -0.507 e. The first-order chi connectivity index (χ1) is 27.9. The van der Waals surface area contributed by atoms with E-state index >= 15 is 0 Å². The van der Waals surface area contributed by atoms with Gasteiger partial charge in [0, 0.05) is 22.3 Å². The quantitative estimate of drug-likeness (QED) is 0.152. The van der Waals surface area contributed by atoms with Gasteiger partial charge in [0.15, 0.2) is 12.5 Å². The summed E-state index contributed by atoms with van der Waals surface area (Å²) in [7, 11) is -8.29. The molecule has 10 nitrogen and oxygen atoms in total. The Morgan fingerprint density at radius 2 is 0.917 bits per heavy atom. The van der Waals surface area contributed by atoms with Crippen molar-refractivity contribution in [3.8, 4) is 22.6 Å². The van der Waals surface area contributed by atoms with Crippen molar-refractivity contribution >= 4 is 20.0 Å². The molecule has 12 heteroatoms. The highest BCUT2D eigenvalue weighted by atomic mass is 32.2. The molecule has 0 aliphatic carbocycles. The lowest BCUT2D eigenvalue weighted by molar-refractivity contribution is 0.0653. The number of phenols is 2. The monoisotopic (exact) mass is 860 g/mol. The molecule has 4 aromatic carbocycles. The van der Waals surface area contributed by atoms with Gasteiger partial charge in [-0.15, -0.1) is 0 Å². The summed E-state index contributed by atoms with van der Waals surface area (Å²) >= 11 is 0. The second-order valence-electron chi connectivity index (χ2n) is 19.0. The first kappa shape index (κ1) is 45.7. The van der Waals surface area contributed by atoms with E-state index in [9.17, 15) is 27.0 Å². The van der Waals surface area contributed by atoms with E-state index in [1.165, 1.54) is 8.61 Å². The van der Waals surface area contributed by atoms with Crippen LogP contribution in [0.1, 0.15) is 128 Å². The predicted octanol–water partition coefficient (Wildman–Crippen LogP) is 10.2. The van der Waals surface area contributed by atoms with E-state index in [4.69, 9.17) is 9.47 Å². The number of phenolic OH excluding ortho intramolecular Hbond substituents is 2. The fourth-order valence-electron chi connectivity index (χ4n) is 8.09. The maximum atomic E-state index is 14.7. The Kier molecular flexibility index (Phi) is 12.8. The second kappa shape index (κ2) is 16.8. The van der Waals surface area contributed by atoms with Crippen molar-refractivity contribution < 1.29 is 36.5 Å². The molecule has 0 radical (unpaired) electrons. The highest BCUT2D eigenvalue weighted by Gasteiger charge is 2.49. The average molecular weight is 861 g/mol. The molecule has 2 fully saturated rings. The zero-order valence-electron chi connectivity index (χ0n) is 37.3. The summed E-state index contributed by atoms with van der Waals surface area (Å²) in [4.78, 5) is 0.252. The van der Waals surface area contributed by atoms with Crippen molar-refractivity contribution in [1.82, 2.24) is 8.61 Å². The van der Waals surface area contributed by atoms with Gasteiger partial charge in [-0.2, -0.15) is 8.61 Å². The van der Waals surface area contributed by atoms with Gasteiger partial charge in [-0.25, -0.2) is 16.8 Å². The van der Waals surface area contributed by atoms with Crippen LogP contribution in [0, 0.1) is 25.7 Å². The lowest BCUT2D eigenvalue weighted by Gasteiger charge is -2.33. The van der Waals surface area contributed by atoms with Gasteiger partial charge in [-0.3, -0.25) is 0 Å². The molecule has 2 aliphatic rings. The Morgan fingerprint density at radius 1 is 0.600 bits per heavy atom. The predicted molar refractivity (Wildman–Crippen MR) is 237 cm³/mol. The van der Waals surface area contributed by atoms with Gasteiger partial charge in [0.05, 0.1) is 35.1 Å². The van der Waals surface area contributed by atoms with Crippen LogP contribution in [0.25, 0.3) is 11.1 Å². The fourth-order valence-corrected chi connectivity index (χ4v) is 11.6. The summed E-state index contributed by atoms with van der Waals surface area (Å²) in [5, 5.41) is 25.2. The van der Waals surface area contributed by atoms with E-state index in [0.717, 1.165) is 22.3 Å². The molecule has 2 saturated heterocycles. The minimum absolute atomic E-state index is 0.0671. The van der Waals surface area contributed by atoms with Crippen LogP contribution in [0.2, 0.25) is 0 Å². The maximum Gasteiger partial charge on any atom is 0.245 e. The van der Waals surface area contributed by atoms with E-state index in [0.29, 0.717) is 12.8 Å². The van der Waals surface area contributed by atoms with Crippen molar-refractivity contribution in [3.05, 3.63) is 106 Å². The first-order valence-electron chi connectivity index (χ1n) is 21.1. The molecule has 2 unspecified atom stereocenters. The molecule has 6 atom stereocenters. The van der Waals surface area contributed by atoms with E-state index in [2.05, 4.69) is 0 Å². The maximum absolute atomic E-state index is 14.7. The molecule has 0 bridgehead atoms. The molecule has 0 spiro atoms. The van der Waals surface area contributed by atoms with Crippen LogP contribution in [-0.4, -0.2) is 61.0 Å². The SMILES string of the molecule is CCC(C)[C@H]1CO[C@@H](c2cc(C(C)(C)C)cc(-c3cc(C(C)(C)C)cc([C@@H]4OC[C@H](C(C)CC)N4S(=O)(=O)c4ccc(C)cc4)c3O)c2O)N1S(=O)(=O)c1ccc(C)cc1. The largest absolute Gasteiger partial charge is 0.507 e. The van der Waals surface area contributed by atoms with E-state index in [1.807, 2.05) is 95.2 Å². The summed E-state index contributed by atoms with van der Waals surface area (Å²) < 4.78 is 74.5. The molecule has 0 aromatic heterocycles. The minimum atomic E-state index is -4.14. The molecule has 2 N–H and O–H groups in total. The number of aryl methyl sites for hydroxylation is 2. The topological polar surface area (TPSA) is 134 Å². The van der Waals surface area contributed by atoms with Crippen molar-refractivity contribution in [1.29, 1.82) is 0 Å². The van der Waals surface area contributed by atoms with Gasteiger partial charge >= 0.3 is 0 Å². The standard InChI is InChI=1S/C48H64N2O8S2/c1-13-31(5)41-27-57-45(49(41)59(53,54)35-19-15-29(3)16-20-35)39-25-33(47(7,8)9)23-37(43(39)51)38-24-34(48(10,11)12)26-40(44(38)52)46-50(42(28-58-46)32(6)14-2)60(55,56)36-21-17-30(4)18-22-36/h15-26,31-32,41-42,45-46,51-52H,13-14,27-28H2,1-12H3/t31?,32?,41-,42-,45+,46+/m1/s1. The summed E-state index contributed by atoms with van der Waals surface area (Å²) in [6, 6.07) is 19.7. The molecule has 60 heavy (non-hydrogen) atoms. The molecule has 2 heterocycles. The fraction of sp³-hybridized carbons (Fsp3) is 0.500. The zero-order chi connectivity index (χ0) is 44.3. The Bertz CT molecular complexity index is 2250. The molecule has 0 saturated carbocycles. The van der Waals surface area contributed by atoms with Crippen molar-refractivity contribution in [2.75, 3.05) is 13.2 Å². The second-order valence-corrected chi connectivity index (χ2v) is 22.7. The van der Waals surface area contributed by atoms with Crippen molar-refractivity contribution in [2.45, 2.75) is 141 Å². The van der Waals surface area contributed by atoms with Crippen LogP contribution in [0.3, 0.4) is 0 Å². The molecular weight excluding hydrogens is 797 g/mol. The third-order valence-electron chi connectivity index (χ3n) is 12.6. The Morgan fingerprint density at radius 3 is 1.20 bits per heavy atom. The summed E-state index contributed by atoms with van der Waals surface area (Å²) in [6.07, 6.45) is -0.969. The van der Waals surface area contributed by atoms with E-state index in [-0.39, 0.29) is 68.6 Å². The van der Waals surface area contributed by atoms with E-state index < -0.39 is 55.4 Å². The Balaban J connectivity index is 1.60. The number of hydrogen-bond donors (Lipinski definition) is 2. The van der Waals surface area contributed by atoms with E-state index in [1.54, 1.807) is 60.7 Å². The number of benzene rings is 4. The highest BCUT2D eigenvalue weighted by Crippen LogP contribution is 2.51. The lowest BCUT2D eigenvalue weighted by atomic mass is 9.80. The summed E-state index contributed by atoms with van der Waals surface area (Å²) in [5.74, 6) is -0.628. The van der Waals surface area contributed by atoms with Gasteiger partial charge in [0.25, 0.3) is 0 Å². The third kappa shape index (κ3) is 8.52. The first-order valence-corrected chi connectivity index (χ1v) is 24.0. The zero-order valence-corrected chi connectivity index (χ0v) is 38.9. The lowest BCUT2D eigenvalue weighted by Crippen LogP contribution is -2.41. The van der Waals surface area contributed by atoms with Gasteiger partial charge < -0.3 is 19.7 Å². The van der Waals surface area contributed by atoms with Crippen LogP contribution in [0.15, 0.2) is 82.6 Å². The van der Waals surface area contributed by atoms with Gasteiger partial charge in [-0.05, 0) is 96.2 Å². The van der Waals surface area contributed by atoms with Gasteiger partial charge in [-0.1, -0.05) is 117 Å². The van der Waals surface area contributed by atoms with Crippen LogP contribution in [0.4, 0.5) is 0 Å². The number of rotatable bonds is 11. The molecule has 2 aliphatic heterocycles. The highest BCUT2D eigenvalue weighted by molar-refractivity contribution is 7.89. The number of nitrogens with zero attached hydrogens (tertiary/aromatic N) is 2. The number of sulfonamides is 2. The van der Waals surface area contributed by atoms with Crippen LogP contribution in [0.5, 0.6) is 11.5 Å². The Hall–Kier alpha value is -3.78. The smallest absolute Gasteiger partial charge is 0.245 e. The van der Waals surface area contributed by atoms with Gasteiger partial charge in [0.2, 0.25) is 20.0 Å². The molecule has 4 aromatic rings. The molecule has 6 rings (SSSR count). The third-order valence-corrected chi connectivity index (χ3v) is 16.4. The average Bonchev–Trinajstić information content (AvgIpc) is 3.84.